The lowest BCUT2D eigenvalue weighted by atomic mass is 9.80. The summed E-state index contributed by atoms with van der Waals surface area (Å²) < 4.78 is 0. The minimum atomic E-state index is 0.963. The largest absolute Gasteiger partial charge is 0.0822 e. The van der Waals surface area contributed by atoms with Crippen LogP contribution in [0.2, 0.25) is 0 Å². The predicted molar refractivity (Wildman–Crippen MR) is 53.1 cm³/mol. The minimum absolute atomic E-state index is 0.963. The first kappa shape index (κ1) is 8.34. The van der Waals surface area contributed by atoms with E-state index in [4.69, 9.17) is 0 Å². The highest BCUT2D eigenvalue weighted by Crippen LogP contribution is 2.37. The van der Waals surface area contributed by atoms with E-state index in [9.17, 15) is 0 Å². The van der Waals surface area contributed by atoms with E-state index in [2.05, 4.69) is 13.0 Å². The Kier molecular flexibility index (Phi) is 2.53. The van der Waals surface area contributed by atoms with Crippen molar-refractivity contribution in [3.05, 3.63) is 11.6 Å². The molecule has 0 bridgehead atoms. The second-order valence-corrected chi connectivity index (χ2v) is 4.61. The number of hydrogen-bond donors (Lipinski definition) is 0. The van der Waals surface area contributed by atoms with Gasteiger partial charge in [-0.25, -0.2) is 0 Å². The first-order valence-corrected chi connectivity index (χ1v) is 5.53. The lowest BCUT2D eigenvalue weighted by Gasteiger charge is -2.26. The lowest BCUT2D eigenvalue weighted by molar-refractivity contribution is 0.283. The molecule has 1 fully saturated rings. The van der Waals surface area contributed by atoms with E-state index in [1.54, 1.807) is 5.57 Å². The molecule has 2 aliphatic rings. The fraction of sp³-hybridized carbons (Fsp3) is 0.833. The van der Waals surface area contributed by atoms with Crippen LogP contribution >= 0.6 is 0 Å². The molecule has 0 aromatic carbocycles. The maximum absolute atomic E-state index is 2.55. The highest BCUT2D eigenvalue weighted by atomic mass is 14.3. The molecular formula is C12H20. The maximum atomic E-state index is 2.55. The third kappa shape index (κ3) is 1.73. The zero-order valence-corrected chi connectivity index (χ0v) is 8.18. The van der Waals surface area contributed by atoms with E-state index in [1.807, 2.05) is 0 Å². The SMILES string of the molecule is CC1=C[C@H](C2CCCCC2)CC1. The van der Waals surface area contributed by atoms with Crippen LogP contribution in [0, 0.1) is 11.8 Å². The molecule has 1 saturated carbocycles. The molecule has 0 amide bonds. The van der Waals surface area contributed by atoms with Gasteiger partial charge in [0.25, 0.3) is 0 Å². The van der Waals surface area contributed by atoms with Crippen LogP contribution in [0.25, 0.3) is 0 Å². The summed E-state index contributed by atoms with van der Waals surface area (Å²) in [5, 5.41) is 0. The van der Waals surface area contributed by atoms with Crippen molar-refractivity contribution < 1.29 is 0 Å². The van der Waals surface area contributed by atoms with Gasteiger partial charge in [-0.2, -0.15) is 0 Å². The Morgan fingerprint density at radius 2 is 1.83 bits per heavy atom. The van der Waals surface area contributed by atoms with E-state index < -0.39 is 0 Å². The Hall–Kier alpha value is -0.260. The molecule has 0 aromatic rings. The molecule has 0 unspecified atom stereocenters. The standard InChI is InChI=1S/C12H20/c1-10-7-8-12(9-10)11-5-3-2-4-6-11/h9,11-12H,2-8H2,1H3/t12-/m1/s1. The summed E-state index contributed by atoms with van der Waals surface area (Å²) in [6.07, 6.45) is 12.9. The van der Waals surface area contributed by atoms with E-state index in [1.165, 1.54) is 44.9 Å². The van der Waals surface area contributed by atoms with Crippen molar-refractivity contribution in [2.24, 2.45) is 11.8 Å². The topological polar surface area (TPSA) is 0 Å². The highest BCUT2D eigenvalue weighted by Gasteiger charge is 2.24. The molecule has 1 atom stereocenters. The Morgan fingerprint density at radius 1 is 1.08 bits per heavy atom. The number of hydrogen-bond acceptors (Lipinski definition) is 0. The minimum Gasteiger partial charge on any atom is -0.0822 e. The van der Waals surface area contributed by atoms with Gasteiger partial charge in [0, 0.05) is 0 Å². The molecule has 2 aliphatic carbocycles. The summed E-state index contributed by atoms with van der Waals surface area (Å²) in [5.74, 6) is 2.02. The van der Waals surface area contributed by atoms with Gasteiger partial charge in [-0.05, 0) is 44.4 Å². The Morgan fingerprint density at radius 3 is 2.42 bits per heavy atom. The van der Waals surface area contributed by atoms with Crippen LogP contribution in [-0.2, 0) is 0 Å². The molecule has 0 heteroatoms. The molecule has 68 valence electrons. The molecule has 0 N–H and O–H groups in total. The molecule has 0 radical (unpaired) electrons. The van der Waals surface area contributed by atoms with Crippen molar-refractivity contribution in [2.45, 2.75) is 51.9 Å². The van der Waals surface area contributed by atoms with Crippen LogP contribution in [0.1, 0.15) is 51.9 Å². The monoisotopic (exact) mass is 164 g/mol. The zero-order chi connectivity index (χ0) is 8.39. The van der Waals surface area contributed by atoms with E-state index in [0.717, 1.165) is 11.8 Å². The van der Waals surface area contributed by atoms with Crippen LogP contribution in [-0.4, -0.2) is 0 Å². The summed E-state index contributed by atoms with van der Waals surface area (Å²) in [5.41, 5.74) is 1.64. The Labute approximate surface area is 76.1 Å². The van der Waals surface area contributed by atoms with Gasteiger partial charge >= 0.3 is 0 Å². The summed E-state index contributed by atoms with van der Waals surface area (Å²) in [7, 11) is 0. The second-order valence-electron chi connectivity index (χ2n) is 4.61. The Balaban J connectivity index is 1.91. The molecule has 12 heavy (non-hydrogen) atoms. The van der Waals surface area contributed by atoms with Crippen LogP contribution in [0.15, 0.2) is 11.6 Å². The van der Waals surface area contributed by atoms with E-state index >= 15 is 0 Å². The third-order valence-electron chi connectivity index (χ3n) is 3.63. The molecular weight excluding hydrogens is 144 g/mol. The quantitative estimate of drug-likeness (QED) is 0.515. The average molecular weight is 164 g/mol. The van der Waals surface area contributed by atoms with Crippen molar-refractivity contribution in [1.29, 1.82) is 0 Å². The fourth-order valence-electron chi connectivity index (χ4n) is 2.86. The summed E-state index contributed by atoms with van der Waals surface area (Å²) >= 11 is 0. The third-order valence-corrected chi connectivity index (χ3v) is 3.63. The van der Waals surface area contributed by atoms with Gasteiger partial charge in [-0.3, -0.25) is 0 Å². The first-order chi connectivity index (χ1) is 5.86. The molecule has 0 heterocycles. The molecule has 0 saturated heterocycles. The average Bonchev–Trinajstić information content (AvgIpc) is 2.54. The van der Waals surface area contributed by atoms with Crippen molar-refractivity contribution in [2.75, 3.05) is 0 Å². The van der Waals surface area contributed by atoms with E-state index in [0.29, 0.717) is 0 Å². The van der Waals surface area contributed by atoms with Gasteiger partial charge in [-0.1, -0.05) is 30.9 Å². The first-order valence-electron chi connectivity index (χ1n) is 5.53. The molecule has 0 spiro atoms. The Bertz CT molecular complexity index is 172. The smallest absolute Gasteiger partial charge is 0.0200 e. The highest BCUT2D eigenvalue weighted by molar-refractivity contribution is 5.09. The van der Waals surface area contributed by atoms with Crippen LogP contribution in [0.5, 0.6) is 0 Å². The predicted octanol–water partition coefficient (Wildman–Crippen LogP) is 3.92. The molecule has 2 rings (SSSR count). The van der Waals surface area contributed by atoms with Crippen LogP contribution < -0.4 is 0 Å². The van der Waals surface area contributed by atoms with Crippen molar-refractivity contribution in [1.82, 2.24) is 0 Å². The summed E-state index contributed by atoms with van der Waals surface area (Å²) in [6.45, 7) is 2.29. The number of rotatable bonds is 1. The van der Waals surface area contributed by atoms with Crippen molar-refractivity contribution in [3.63, 3.8) is 0 Å². The molecule has 0 aromatic heterocycles. The normalized spacial score (nSPS) is 32.1. The zero-order valence-electron chi connectivity index (χ0n) is 8.18. The summed E-state index contributed by atoms with van der Waals surface area (Å²) in [6, 6.07) is 0. The number of allylic oxidation sites excluding steroid dienone is 2. The second kappa shape index (κ2) is 3.64. The summed E-state index contributed by atoms with van der Waals surface area (Å²) in [4.78, 5) is 0. The fourth-order valence-corrected chi connectivity index (χ4v) is 2.86. The van der Waals surface area contributed by atoms with Gasteiger partial charge < -0.3 is 0 Å². The lowest BCUT2D eigenvalue weighted by Crippen LogP contribution is -2.14. The maximum Gasteiger partial charge on any atom is -0.0200 e. The van der Waals surface area contributed by atoms with Crippen molar-refractivity contribution in [3.8, 4) is 0 Å². The van der Waals surface area contributed by atoms with Crippen LogP contribution in [0.4, 0.5) is 0 Å². The van der Waals surface area contributed by atoms with Gasteiger partial charge in [0.1, 0.15) is 0 Å². The van der Waals surface area contributed by atoms with Crippen LogP contribution in [0.3, 0.4) is 0 Å². The van der Waals surface area contributed by atoms with Gasteiger partial charge in [0.05, 0.1) is 0 Å². The van der Waals surface area contributed by atoms with E-state index in [-0.39, 0.29) is 0 Å². The van der Waals surface area contributed by atoms with Gasteiger partial charge in [0.15, 0.2) is 0 Å². The van der Waals surface area contributed by atoms with Gasteiger partial charge in [-0.15, -0.1) is 0 Å². The molecule has 0 nitrogen and oxygen atoms in total. The molecule has 0 aliphatic heterocycles. The van der Waals surface area contributed by atoms with Crippen molar-refractivity contribution >= 4 is 0 Å². The van der Waals surface area contributed by atoms with Gasteiger partial charge in [0.2, 0.25) is 0 Å².